The van der Waals surface area contributed by atoms with Crippen molar-refractivity contribution in [3.05, 3.63) is 42.2 Å². The van der Waals surface area contributed by atoms with Crippen LogP contribution in [-0.2, 0) is 13.0 Å². The number of hydrogen-bond donors (Lipinski definition) is 1. The Bertz CT molecular complexity index is 538. The highest BCUT2D eigenvalue weighted by atomic mass is 15.1. The molecule has 0 aliphatic rings. The molecule has 0 aliphatic heterocycles. The first kappa shape index (κ1) is 11.9. The number of fused-ring (bicyclic) bond motifs is 1. The topological polar surface area (TPSA) is 43.8 Å². The molecule has 0 fully saturated rings. The molecule has 0 bridgehead atoms. The first-order chi connectivity index (χ1) is 8.17. The van der Waals surface area contributed by atoms with Gasteiger partial charge in [-0.2, -0.15) is 0 Å². The number of aryl methyl sites for hydroxylation is 1. The molecule has 0 spiro atoms. The van der Waals surface area contributed by atoms with Crippen LogP contribution in [0.15, 0.2) is 30.9 Å². The maximum atomic E-state index is 5.96. The van der Waals surface area contributed by atoms with E-state index in [1.807, 2.05) is 13.0 Å². The van der Waals surface area contributed by atoms with E-state index >= 15 is 0 Å². The lowest BCUT2D eigenvalue weighted by molar-refractivity contribution is 0.671. The monoisotopic (exact) mass is 229 g/mol. The molecule has 0 radical (unpaired) electrons. The van der Waals surface area contributed by atoms with Gasteiger partial charge in [0, 0.05) is 6.54 Å². The van der Waals surface area contributed by atoms with Crippen molar-refractivity contribution < 1.29 is 0 Å². The molecule has 1 heterocycles. The van der Waals surface area contributed by atoms with Gasteiger partial charge in [0.05, 0.1) is 17.1 Å². The quantitative estimate of drug-likeness (QED) is 0.819. The molecule has 1 unspecified atom stereocenters. The van der Waals surface area contributed by atoms with Crippen molar-refractivity contribution in [3.63, 3.8) is 0 Å². The zero-order chi connectivity index (χ0) is 12.4. The Balaban J connectivity index is 2.65. The Hall–Kier alpha value is -1.61. The van der Waals surface area contributed by atoms with Gasteiger partial charge >= 0.3 is 0 Å². The molecule has 1 aromatic carbocycles. The van der Waals surface area contributed by atoms with E-state index in [9.17, 15) is 0 Å². The van der Waals surface area contributed by atoms with Crippen LogP contribution in [0, 0.1) is 0 Å². The van der Waals surface area contributed by atoms with Crippen LogP contribution in [-0.4, -0.2) is 9.55 Å². The van der Waals surface area contributed by atoms with E-state index < -0.39 is 0 Å². The fourth-order valence-corrected chi connectivity index (χ4v) is 2.08. The predicted octanol–water partition coefficient (Wildman–Crippen LogP) is 2.80. The van der Waals surface area contributed by atoms with Crippen molar-refractivity contribution >= 4 is 11.0 Å². The van der Waals surface area contributed by atoms with Crippen molar-refractivity contribution in [1.82, 2.24) is 9.55 Å². The summed E-state index contributed by atoms with van der Waals surface area (Å²) in [7, 11) is 0. The Kier molecular flexibility index (Phi) is 3.29. The normalized spacial score (nSPS) is 12.9. The van der Waals surface area contributed by atoms with Crippen LogP contribution >= 0.6 is 0 Å². The van der Waals surface area contributed by atoms with E-state index in [-0.39, 0.29) is 6.04 Å². The maximum Gasteiger partial charge on any atom is 0.126 e. The van der Waals surface area contributed by atoms with E-state index in [0.29, 0.717) is 0 Å². The molecule has 17 heavy (non-hydrogen) atoms. The molecule has 1 aromatic heterocycles. The summed E-state index contributed by atoms with van der Waals surface area (Å²) >= 11 is 0. The number of benzene rings is 1. The van der Waals surface area contributed by atoms with Crippen LogP contribution in [0.2, 0.25) is 0 Å². The molecular formula is C14H19N3. The average Bonchev–Trinajstić information content (AvgIpc) is 2.68. The Morgan fingerprint density at radius 1 is 1.53 bits per heavy atom. The molecule has 0 saturated carbocycles. The molecular weight excluding hydrogens is 210 g/mol. The Labute approximate surface area is 102 Å². The fraction of sp³-hybridized carbons (Fsp3) is 0.357. The predicted molar refractivity (Wildman–Crippen MR) is 71.9 cm³/mol. The highest BCUT2D eigenvalue weighted by Gasteiger charge is 2.12. The summed E-state index contributed by atoms with van der Waals surface area (Å²) in [6.07, 6.45) is 2.90. The highest BCUT2D eigenvalue weighted by Crippen LogP contribution is 2.21. The summed E-state index contributed by atoms with van der Waals surface area (Å²) in [5.41, 5.74) is 9.42. The number of nitrogens with zero attached hydrogens (tertiary/aromatic N) is 2. The molecule has 0 saturated heterocycles. The largest absolute Gasteiger partial charge is 0.323 e. The van der Waals surface area contributed by atoms with Gasteiger partial charge in [-0.05, 0) is 31.0 Å². The standard InChI is InChI=1S/C14H19N3/c1-4-8-17-13-7-6-11(5-2)9-12(13)16-14(17)10(3)15/h4,6-7,9-10H,1,5,8,15H2,2-3H3. The lowest BCUT2D eigenvalue weighted by Gasteiger charge is -2.08. The number of hydrogen-bond acceptors (Lipinski definition) is 2. The molecule has 90 valence electrons. The first-order valence-corrected chi connectivity index (χ1v) is 6.03. The van der Waals surface area contributed by atoms with Gasteiger partial charge in [-0.25, -0.2) is 4.98 Å². The van der Waals surface area contributed by atoms with Gasteiger partial charge in [0.15, 0.2) is 0 Å². The minimum Gasteiger partial charge on any atom is -0.323 e. The number of nitrogens with two attached hydrogens (primary N) is 1. The Morgan fingerprint density at radius 2 is 2.29 bits per heavy atom. The number of imidazole rings is 1. The highest BCUT2D eigenvalue weighted by molar-refractivity contribution is 5.77. The smallest absolute Gasteiger partial charge is 0.126 e. The van der Waals surface area contributed by atoms with E-state index in [4.69, 9.17) is 5.73 Å². The van der Waals surface area contributed by atoms with Crippen LogP contribution in [0.3, 0.4) is 0 Å². The SMILES string of the molecule is C=CCn1c(C(C)N)nc2cc(CC)ccc21. The zero-order valence-electron chi connectivity index (χ0n) is 10.5. The van der Waals surface area contributed by atoms with Gasteiger partial charge in [0.25, 0.3) is 0 Å². The summed E-state index contributed by atoms with van der Waals surface area (Å²) in [6.45, 7) is 8.64. The van der Waals surface area contributed by atoms with Gasteiger partial charge < -0.3 is 10.3 Å². The van der Waals surface area contributed by atoms with Gasteiger partial charge in [0.1, 0.15) is 5.82 Å². The Morgan fingerprint density at radius 3 is 2.88 bits per heavy atom. The van der Waals surface area contributed by atoms with Gasteiger partial charge in [-0.15, -0.1) is 6.58 Å². The lowest BCUT2D eigenvalue weighted by atomic mass is 10.1. The molecule has 0 aliphatic carbocycles. The van der Waals surface area contributed by atoms with E-state index in [0.717, 1.165) is 29.8 Å². The van der Waals surface area contributed by atoms with Crippen LogP contribution in [0.25, 0.3) is 11.0 Å². The van der Waals surface area contributed by atoms with Crippen LogP contribution in [0.1, 0.15) is 31.3 Å². The minimum absolute atomic E-state index is 0.0626. The summed E-state index contributed by atoms with van der Waals surface area (Å²) in [6, 6.07) is 6.35. The van der Waals surface area contributed by atoms with Crippen LogP contribution < -0.4 is 5.73 Å². The molecule has 0 amide bonds. The first-order valence-electron chi connectivity index (χ1n) is 6.03. The molecule has 2 aromatic rings. The number of allylic oxidation sites excluding steroid dienone is 1. The molecule has 3 nitrogen and oxygen atoms in total. The second-order valence-electron chi connectivity index (χ2n) is 4.33. The molecule has 3 heteroatoms. The molecule has 1 atom stereocenters. The summed E-state index contributed by atoms with van der Waals surface area (Å²) in [5.74, 6) is 0.924. The summed E-state index contributed by atoms with van der Waals surface area (Å²) < 4.78 is 2.13. The average molecular weight is 229 g/mol. The molecule has 2 N–H and O–H groups in total. The van der Waals surface area contributed by atoms with Crippen molar-refractivity contribution in [1.29, 1.82) is 0 Å². The fourth-order valence-electron chi connectivity index (χ4n) is 2.08. The number of aromatic nitrogens is 2. The van der Waals surface area contributed by atoms with Crippen molar-refractivity contribution in [2.45, 2.75) is 32.9 Å². The summed E-state index contributed by atoms with van der Waals surface area (Å²) in [5, 5.41) is 0. The van der Waals surface area contributed by atoms with Gasteiger partial charge in [-0.1, -0.05) is 19.1 Å². The van der Waals surface area contributed by atoms with E-state index in [1.54, 1.807) is 0 Å². The van der Waals surface area contributed by atoms with Crippen LogP contribution in [0.4, 0.5) is 0 Å². The van der Waals surface area contributed by atoms with Gasteiger partial charge in [0.2, 0.25) is 0 Å². The van der Waals surface area contributed by atoms with Gasteiger partial charge in [-0.3, -0.25) is 0 Å². The van der Waals surface area contributed by atoms with Crippen molar-refractivity contribution in [3.8, 4) is 0 Å². The minimum atomic E-state index is -0.0626. The third-order valence-corrected chi connectivity index (χ3v) is 2.97. The third-order valence-electron chi connectivity index (χ3n) is 2.97. The van der Waals surface area contributed by atoms with E-state index in [2.05, 4.69) is 41.3 Å². The lowest BCUT2D eigenvalue weighted by Crippen LogP contribution is -2.13. The van der Waals surface area contributed by atoms with E-state index in [1.165, 1.54) is 5.56 Å². The summed E-state index contributed by atoms with van der Waals surface area (Å²) in [4.78, 5) is 4.63. The van der Waals surface area contributed by atoms with Crippen molar-refractivity contribution in [2.24, 2.45) is 5.73 Å². The van der Waals surface area contributed by atoms with Crippen molar-refractivity contribution in [2.75, 3.05) is 0 Å². The third kappa shape index (κ3) is 2.11. The zero-order valence-corrected chi connectivity index (χ0v) is 10.5. The maximum absolute atomic E-state index is 5.96. The molecule has 2 rings (SSSR count). The number of rotatable bonds is 4. The second kappa shape index (κ2) is 4.72. The van der Waals surface area contributed by atoms with Crippen LogP contribution in [0.5, 0.6) is 0 Å². The second-order valence-corrected chi connectivity index (χ2v) is 4.33.